The van der Waals surface area contributed by atoms with Crippen LogP contribution < -0.4 is 10.9 Å². The first-order valence-electron chi connectivity index (χ1n) is 7.61. The van der Waals surface area contributed by atoms with E-state index in [0.29, 0.717) is 0 Å². The number of aliphatic hydroxyl groups excluding tert-OH is 3. The molecule has 0 fully saturated rings. The highest BCUT2D eigenvalue weighted by Gasteiger charge is 2.21. The molecule has 0 aliphatic carbocycles. The summed E-state index contributed by atoms with van der Waals surface area (Å²) in [5.41, 5.74) is 4.73. The maximum Gasteiger partial charge on any atom is 0.148 e. The number of rotatable bonds is 8. The van der Waals surface area contributed by atoms with Crippen LogP contribution in [0.5, 0.6) is 0 Å². The standard InChI is InChI=1S/C17H18F2N4O3/c18-11-5-1-3-7-13(11)21-20-9-15(17(26)16(25)10-24)23-22-14-8-4-2-6-12(14)19/h1-9,16-17,21-22,24-26H,10H2/b20-9+,23-15+. The van der Waals surface area contributed by atoms with Gasteiger partial charge in [-0.25, -0.2) is 8.78 Å². The Balaban J connectivity index is 2.18. The molecule has 2 rings (SSSR count). The molecule has 0 bridgehead atoms. The molecule has 2 aromatic rings. The fraction of sp³-hybridized carbons (Fsp3) is 0.176. The molecule has 0 aliphatic heterocycles. The SMILES string of the molecule is OCC(O)C(O)C(/C=N/Nc1ccccc1F)=N/Nc1ccccc1F. The number of benzene rings is 2. The van der Waals surface area contributed by atoms with Gasteiger partial charge in [0.05, 0.1) is 24.2 Å². The molecule has 9 heteroatoms. The minimum Gasteiger partial charge on any atom is -0.394 e. The van der Waals surface area contributed by atoms with Crippen molar-refractivity contribution >= 4 is 23.3 Å². The van der Waals surface area contributed by atoms with E-state index >= 15 is 0 Å². The lowest BCUT2D eigenvalue weighted by Gasteiger charge is -2.15. The second-order valence-corrected chi connectivity index (χ2v) is 5.17. The van der Waals surface area contributed by atoms with Crippen LogP contribution >= 0.6 is 0 Å². The van der Waals surface area contributed by atoms with Gasteiger partial charge in [0.25, 0.3) is 0 Å². The van der Waals surface area contributed by atoms with Crippen LogP contribution in [0.2, 0.25) is 0 Å². The number of aliphatic hydroxyl groups is 3. The summed E-state index contributed by atoms with van der Waals surface area (Å²) in [6.45, 7) is -0.728. The largest absolute Gasteiger partial charge is 0.394 e. The lowest BCUT2D eigenvalue weighted by atomic mass is 10.1. The predicted octanol–water partition coefficient (Wildman–Crippen LogP) is 1.54. The van der Waals surface area contributed by atoms with Gasteiger partial charge >= 0.3 is 0 Å². The molecular weight excluding hydrogens is 346 g/mol. The molecule has 0 spiro atoms. The molecule has 0 aliphatic rings. The summed E-state index contributed by atoms with van der Waals surface area (Å²) in [6, 6.07) is 11.5. The van der Waals surface area contributed by atoms with E-state index in [0.717, 1.165) is 6.21 Å². The monoisotopic (exact) mass is 364 g/mol. The molecular formula is C17H18F2N4O3. The van der Waals surface area contributed by atoms with Crippen LogP contribution in [0.3, 0.4) is 0 Å². The molecule has 0 radical (unpaired) electrons. The fourth-order valence-electron chi connectivity index (χ4n) is 1.86. The van der Waals surface area contributed by atoms with Gasteiger partial charge in [-0.3, -0.25) is 10.9 Å². The Kier molecular flexibility index (Phi) is 7.15. The Labute approximate surface area is 148 Å². The van der Waals surface area contributed by atoms with E-state index in [-0.39, 0.29) is 17.1 Å². The third-order valence-corrected chi connectivity index (χ3v) is 3.29. The zero-order valence-corrected chi connectivity index (χ0v) is 13.5. The molecule has 0 heterocycles. The summed E-state index contributed by atoms with van der Waals surface area (Å²) >= 11 is 0. The Morgan fingerprint density at radius 3 is 2.04 bits per heavy atom. The first-order valence-corrected chi connectivity index (χ1v) is 7.61. The molecule has 0 saturated heterocycles. The zero-order chi connectivity index (χ0) is 18.9. The van der Waals surface area contributed by atoms with Crippen molar-refractivity contribution in [2.24, 2.45) is 10.2 Å². The molecule has 2 aromatic carbocycles. The second kappa shape index (κ2) is 9.56. The van der Waals surface area contributed by atoms with Crippen molar-refractivity contribution in [1.82, 2.24) is 0 Å². The highest BCUT2D eigenvalue weighted by molar-refractivity contribution is 6.33. The minimum atomic E-state index is -1.61. The van der Waals surface area contributed by atoms with E-state index in [1.807, 2.05) is 0 Å². The van der Waals surface area contributed by atoms with Crippen molar-refractivity contribution < 1.29 is 24.1 Å². The number of hydrazone groups is 2. The molecule has 0 amide bonds. The van der Waals surface area contributed by atoms with E-state index in [1.165, 1.54) is 36.4 Å². The van der Waals surface area contributed by atoms with Crippen molar-refractivity contribution in [1.29, 1.82) is 0 Å². The number of halogens is 2. The number of hydrogen-bond acceptors (Lipinski definition) is 7. The van der Waals surface area contributed by atoms with Gasteiger partial charge in [0.15, 0.2) is 0 Å². The maximum absolute atomic E-state index is 13.6. The Bertz CT molecular complexity index is 786. The Morgan fingerprint density at radius 1 is 0.962 bits per heavy atom. The van der Waals surface area contributed by atoms with E-state index in [4.69, 9.17) is 5.11 Å². The lowest BCUT2D eigenvalue weighted by Crippen LogP contribution is -2.37. The van der Waals surface area contributed by atoms with Crippen molar-refractivity contribution in [2.45, 2.75) is 12.2 Å². The van der Waals surface area contributed by atoms with Gasteiger partial charge in [-0.05, 0) is 24.3 Å². The predicted molar refractivity (Wildman–Crippen MR) is 95.1 cm³/mol. The normalized spacial score (nSPS) is 14.3. The molecule has 0 aromatic heterocycles. The molecule has 138 valence electrons. The van der Waals surface area contributed by atoms with E-state index < -0.39 is 30.4 Å². The molecule has 5 N–H and O–H groups in total. The van der Waals surface area contributed by atoms with E-state index in [9.17, 15) is 19.0 Å². The lowest BCUT2D eigenvalue weighted by molar-refractivity contribution is 0.0193. The minimum absolute atomic E-state index is 0.0335. The third-order valence-electron chi connectivity index (χ3n) is 3.29. The van der Waals surface area contributed by atoms with Crippen LogP contribution in [-0.4, -0.2) is 46.1 Å². The Morgan fingerprint density at radius 2 is 1.50 bits per heavy atom. The molecule has 0 saturated carbocycles. The van der Waals surface area contributed by atoms with Crippen LogP contribution in [0.25, 0.3) is 0 Å². The quantitative estimate of drug-likeness (QED) is 0.361. The van der Waals surface area contributed by atoms with Gasteiger partial charge in [0, 0.05) is 0 Å². The second-order valence-electron chi connectivity index (χ2n) is 5.17. The molecule has 7 nitrogen and oxygen atoms in total. The average molecular weight is 364 g/mol. The fourth-order valence-corrected chi connectivity index (χ4v) is 1.86. The van der Waals surface area contributed by atoms with E-state index in [2.05, 4.69) is 21.1 Å². The van der Waals surface area contributed by atoms with Crippen molar-refractivity contribution in [3.63, 3.8) is 0 Å². The number of hydrogen-bond donors (Lipinski definition) is 5. The zero-order valence-electron chi connectivity index (χ0n) is 13.5. The first kappa shape index (κ1) is 19.4. The van der Waals surface area contributed by atoms with Crippen molar-refractivity contribution in [2.75, 3.05) is 17.5 Å². The topological polar surface area (TPSA) is 109 Å². The van der Waals surface area contributed by atoms with E-state index in [1.54, 1.807) is 12.1 Å². The van der Waals surface area contributed by atoms with Crippen LogP contribution in [0.15, 0.2) is 58.7 Å². The Hall–Kier alpha value is -2.88. The highest BCUT2D eigenvalue weighted by atomic mass is 19.1. The maximum atomic E-state index is 13.6. The van der Waals surface area contributed by atoms with Crippen LogP contribution in [-0.2, 0) is 0 Å². The van der Waals surface area contributed by atoms with Crippen LogP contribution in [0.1, 0.15) is 0 Å². The van der Waals surface area contributed by atoms with Gasteiger partial charge < -0.3 is 15.3 Å². The smallest absolute Gasteiger partial charge is 0.148 e. The van der Waals surface area contributed by atoms with Gasteiger partial charge in [-0.2, -0.15) is 10.2 Å². The van der Waals surface area contributed by atoms with Gasteiger partial charge in [-0.15, -0.1) is 0 Å². The molecule has 2 atom stereocenters. The molecule has 2 unspecified atom stereocenters. The first-order chi connectivity index (χ1) is 12.5. The van der Waals surface area contributed by atoms with Crippen LogP contribution in [0.4, 0.5) is 20.2 Å². The summed E-state index contributed by atoms with van der Waals surface area (Å²) in [6.07, 6.45) is -2.12. The highest BCUT2D eigenvalue weighted by Crippen LogP contribution is 2.13. The van der Waals surface area contributed by atoms with Crippen molar-refractivity contribution in [3.8, 4) is 0 Å². The summed E-state index contributed by atoms with van der Waals surface area (Å²) in [5, 5.41) is 36.1. The van der Waals surface area contributed by atoms with Gasteiger partial charge in [-0.1, -0.05) is 24.3 Å². The number of nitrogens with one attached hydrogen (secondary N) is 2. The summed E-state index contributed by atoms with van der Waals surface area (Å²) in [4.78, 5) is 0. The van der Waals surface area contributed by atoms with Crippen LogP contribution in [0, 0.1) is 11.6 Å². The summed E-state index contributed by atoms with van der Waals surface area (Å²) in [5.74, 6) is -1.11. The summed E-state index contributed by atoms with van der Waals surface area (Å²) < 4.78 is 27.1. The number of para-hydroxylation sites is 2. The number of nitrogens with zero attached hydrogens (tertiary/aromatic N) is 2. The summed E-state index contributed by atoms with van der Waals surface area (Å²) in [7, 11) is 0. The molecule has 26 heavy (non-hydrogen) atoms. The third kappa shape index (κ3) is 5.31. The average Bonchev–Trinajstić information content (AvgIpc) is 2.65. The number of anilines is 2. The van der Waals surface area contributed by atoms with Gasteiger partial charge in [0.2, 0.25) is 0 Å². The van der Waals surface area contributed by atoms with Gasteiger partial charge in [0.1, 0.15) is 29.6 Å². The van der Waals surface area contributed by atoms with Crippen molar-refractivity contribution in [3.05, 3.63) is 60.2 Å².